The van der Waals surface area contributed by atoms with Crippen LogP contribution in [0.4, 0.5) is 0 Å². The van der Waals surface area contributed by atoms with Gasteiger partial charge in [-0.25, -0.2) is 9.97 Å². The fourth-order valence-electron chi connectivity index (χ4n) is 1.95. The van der Waals surface area contributed by atoms with Crippen molar-refractivity contribution < 1.29 is 9.32 Å². The molecule has 3 rings (SSSR count). The van der Waals surface area contributed by atoms with Crippen molar-refractivity contribution in [3.63, 3.8) is 0 Å². The van der Waals surface area contributed by atoms with Gasteiger partial charge in [-0.15, -0.1) is 11.3 Å². The summed E-state index contributed by atoms with van der Waals surface area (Å²) in [7, 11) is 0. The van der Waals surface area contributed by atoms with Crippen molar-refractivity contribution in [3.8, 4) is 11.5 Å². The molecule has 0 aliphatic heterocycles. The number of aromatic nitrogens is 4. The van der Waals surface area contributed by atoms with Crippen LogP contribution in [0.3, 0.4) is 0 Å². The zero-order chi connectivity index (χ0) is 15.4. The van der Waals surface area contributed by atoms with Gasteiger partial charge in [-0.05, 0) is 13.3 Å². The van der Waals surface area contributed by atoms with Gasteiger partial charge < -0.3 is 14.4 Å². The lowest BCUT2D eigenvalue weighted by atomic mass is 10.3. The molecule has 0 saturated carbocycles. The number of rotatable bonds is 6. The summed E-state index contributed by atoms with van der Waals surface area (Å²) >= 11 is 1.53. The summed E-state index contributed by atoms with van der Waals surface area (Å²) in [6.07, 6.45) is 6.19. The molecule has 3 heterocycles. The quantitative estimate of drug-likeness (QED) is 0.704. The van der Waals surface area contributed by atoms with E-state index in [-0.39, 0.29) is 11.6 Å². The topological polar surface area (TPSA) is 85.8 Å². The van der Waals surface area contributed by atoms with Gasteiger partial charge in [0.1, 0.15) is 5.69 Å². The molecule has 0 saturated heterocycles. The molecule has 8 heteroatoms. The molecule has 0 fully saturated rings. The Bertz CT molecular complexity index is 747. The maximum absolute atomic E-state index is 12.0. The van der Waals surface area contributed by atoms with Crippen LogP contribution >= 0.6 is 11.3 Å². The third-order valence-corrected chi connectivity index (χ3v) is 3.83. The molecular weight excluding hydrogens is 302 g/mol. The van der Waals surface area contributed by atoms with Crippen LogP contribution in [0.25, 0.3) is 11.5 Å². The first-order valence-corrected chi connectivity index (χ1v) is 7.73. The molecule has 0 spiro atoms. The maximum atomic E-state index is 12.0. The zero-order valence-electron chi connectivity index (χ0n) is 12.0. The summed E-state index contributed by atoms with van der Waals surface area (Å²) in [4.78, 5) is 20.3. The lowest BCUT2D eigenvalue weighted by Crippen LogP contribution is -2.25. The van der Waals surface area contributed by atoms with E-state index in [2.05, 4.69) is 20.4 Å². The lowest BCUT2D eigenvalue weighted by Gasteiger charge is -2.03. The normalized spacial score (nSPS) is 10.8. The molecule has 1 N–H and O–H groups in total. The van der Waals surface area contributed by atoms with E-state index < -0.39 is 0 Å². The van der Waals surface area contributed by atoms with E-state index in [0.29, 0.717) is 18.0 Å². The number of amides is 1. The largest absolute Gasteiger partial charge is 0.354 e. The maximum Gasteiger partial charge on any atom is 0.273 e. The van der Waals surface area contributed by atoms with E-state index in [1.807, 2.05) is 23.1 Å². The number of aryl methyl sites for hydroxylation is 2. The highest BCUT2D eigenvalue weighted by molar-refractivity contribution is 7.09. The van der Waals surface area contributed by atoms with Crippen molar-refractivity contribution in [2.45, 2.75) is 19.9 Å². The molecule has 0 radical (unpaired) electrons. The minimum absolute atomic E-state index is 0.243. The molecule has 3 aromatic heterocycles. The second-order valence-electron chi connectivity index (χ2n) is 4.74. The Hall–Kier alpha value is -2.48. The van der Waals surface area contributed by atoms with Crippen molar-refractivity contribution in [1.29, 1.82) is 0 Å². The standard InChI is InChI=1S/C14H15N5O2S/c1-10-17-12(8-22-10)13-7-11(18-21-13)14(20)16-3-2-5-19-6-4-15-9-19/h4,6-9H,2-3,5H2,1H3,(H,16,20). The van der Waals surface area contributed by atoms with E-state index in [0.717, 1.165) is 18.0 Å². The summed E-state index contributed by atoms with van der Waals surface area (Å²) < 4.78 is 7.13. The Morgan fingerprint density at radius 2 is 2.41 bits per heavy atom. The average molecular weight is 317 g/mol. The molecule has 114 valence electrons. The molecule has 0 unspecified atom stereocenters. The third-order valence-electron chi connectivity index (χ3n) is 3.05. The van der Waals surface area contributed by atoms with E-state index in [1.54, 1.807) is 18.6 Å². The number of carbonyl (C=O) groups excluding carboxylic acids is 1. The van der Waals surface area contributed by atoms with E-state index in [1.165, 1.54) is 11.3 Å². The second kappa shape index (κ2) is 6.52. The molecule has 0 aliphatic rings. The summed E-state index contributed by atoms with van der Waals surface area (Å²) in [6.45, 7) is 3.29. The predicted molar refractivity (Wildman–Crippen MR) is 81.5 cm³/mol. The van der Waals surface area contributed by atoms with Crippen molar-refractivity contribution in [3.05, 3.63) is 40.9 Å². The second-order valence-corrected chi connectivity index (χ2v) is 5.80. The fourth-order valence-corrected chi connectivity index (χ4v) is 2.55. The van der Waals surface area contributed by atoms with Gasteiger partial charge in [0.05, 0.1) is 11.3 Å². The van der Waals surface area contributed by atoms with E-state index in [9.17, 15) is 4.79 Å². The Morgan fingerprint density at radius 1 is 1.50 bits per heavy atom. The van der Waals surface area contributed by atoms with Crippen molar-refractivity contribution in [2.75, 3.05) is 6.54 Å². The van der Waals surface area contributed by atoms with Crippen molar-refractivity contribution >= 4 is 17.2 Å². The van der Waals surface area contributed by atoms with Gasteiger partial charge in [0.25, 0.3) is 5.91 Å². The molecule has 22 heavy (non-hydrogen) atoms. The number of nitrogens with one attached hydrogen (secondary N) is 1. The Labute approximate surface area is 131 Å². The van der Waals surface area contributed by atoms with Gasteiger partial charge in [-0.2, -0.15) is 0 Å². The molecular formula is C14H15N5O2S. The van der Waals surface area contributed by atoms with Crippen LogP contribution in [0.2, 0.25) is 0 Å². The van der Waals surface area contributed by atoms with Crippen LogP contribution in [0.5, 0.6) is 0 Å². The molecule has 7 nitrogen and oxygen atoms in total. The number of hydrogen-bond acceptors (Lipinski definition) is 6. The van der Waals surface area contributed by atoms with E-state index in [4.69, 9.17) is 4.52 Å². The van der Waals surface area contributed by atoms with Gasteiger partial charge >= 0.3 is 0 Å². The first-order valence-electron chi connectivity index (χ1n) is 6.85. The Morgan fingerprint density at radius 3 is 3.14 bits per heavy atom. The van der Waals surface area contributed by atoms with E-state index >= 15 is 0 Å². The summed E-state index contributed by atoms with van der Waals surface area (Å²) in [5.41, 5.74) is 0.970. The molecule has 0 atom stereocenters. The van der Waals surface area contributed by atoms with Gasteiger partial charge in [0.15, 0.2) is 11.5 Å². The van der Waals surface area contributed by atoms with Gasteiger partial charge in [0, 0.05) is 36.9 Å². The number of imidazole rings is 1. The van der Waals surface area contributed by atoms with Crippen molar-refractivity contribution in [2.24, 2.45) is 0 Å². The summed E-state index contributed by atoms with van der Waals surface area (Å²) in [6, 6.07) is 1.61. The lowest BCUT2D eigenvalue weighted by molar-refractivity contribution is 0.0944. The first-order chi connectivity index (χ1) is 10.7. The van der Waals surface area contributed by atoms with Crippen LogP contribution in [-0.2, 0) is 6.54 Å². The summed E-state index contributed by atoms with van der Waals surface area (Å²) in [5.74, 6) is 0.264. The minimum atomic E-state index is -0.243. The Kier molecular flexibility index (Phi) is 4.29. The average Bonchev–Trinajstić information content (AvgIpc) is 3.24. The van der Waals surface area contributed by atoms with Gasteiger partial charge in [-0.3, -0.25) is 4.79 Å². The number of thiazole rings is 1. The minimum Gasteiger partial charge on any atom is -0.354 e. The highest BCUT2D eigenvalue weighted by atomic mass is 32.1. The number of nitrogens with zero attached hydrogens (tertiary/aromatic N) is 4. The molecule has 1 amide bonds. The predicted octanol–water partition coefficient (Wildman–Crippen LogP) is 2.12. The van der Waals surface area contributed by atoms with Crippen LogP contribution in [0.15, 0.2) is 34.7 Å². The SMILES string of the molecule is Cc1nc(-c2cc(C(=O)NCCCn3ccnc3)no2)cs1. The highest BCUT2D eigenvalue weighted by Crippen LogP contribution is 2.22. The zero-order valence-corrected chi connectivity index (χ0v) is 12.8. The monoisotopic (exact) mass is 317 g/mol. The highest BCUT2D eigenvalue weighted by Gasteiger charge is 2.14. The van der Waals surface area contributed by atoms with Crippen LogP contribution < -0.4 is 5.32 Å². The van der Waals surface area contributed by atoms with Crippen LogP contribution in [0.1, 0.15) is 21.9 Å². The smallest absolute Gasteiger partial charge is 0.273 e. The number of carbonyl (C=O) groups is 1. The molecule has 0 bridgehead atoms. The molecule has 3 aromatic rings. The fraction of sp³-hybridized carbons (Fsp3) is 0.286. The van der Waals surface area contributed by atoms with Gasteiger partial charge in [0.2, 0.25) is 0 Å². The first kappa shape index (κ1) is 14.5. The number of hydrogen-bond donors (Lipinski definition) is 1. The van der Waals surface area contributed by atoms with Crippen molar-refractivity contribution in [1.82, 2.24) is 25.0 Å². The third kappa shape index (κ3) is 3.40. The summed E-state index contributed by atoms with van der Waals surface area (Å²) in [5, 5.41) is 9.43. The molecule has 0 aromatic carbocycles. The van der Waals surface area contributed by atoms with Crippen LogP contribution in [0, 0.1) is 6.92 Å². The molecule has 0 aliphatic carbocycles. The van der Waals surface area contributed by atoms with Crippen LogP contribution in [-0.4, -0.2) is 32.1 Å². The van der Waals surface area contributed by atoms with Gasteiger partial charge in [-0.1, -0.05) is 5.16 Å². The Balaban J connectivity index is 1.51.